The van der Waals surface area contributed by atoms with Crippen molar-refractivity contribution in [3.8, 4) is 11.5 Å². The van der Waals surface area contributed by atoms with Crippen molar-refractivity contribution < 1.29 is 23.1 Å². The number of amides is 1. The van der Waals surface area contributed by atoms with E-state index in [0.717, 1.165) is 43.2 Å². The molecule has 3 aromatic rings. The van der Waals surface area contributed by atoms with Gasteiger partial charge in [0.05, 0.1) is 32.9 Å². The third-order valence-electron chi connectivity index (χ3n) is 6.12. The number of hydrogen-bond donors (Lipinski definition) is 1. The number of nitrogens with one attached hydrogen (secondary N) is 1. The molecule has 0 saturated carbocycles. The number of furan rings is 1. The summed E-state index contributed by atoms with van der Waals surface area (Å²) in [4.78, 5) is 17.3. The third kappa shape index (κ3) is 5.69. The number of ether oxygens (including phenoxy) is 2. The Bertz CT molecular complexity index is 1060. The van der Waals surface area contributed by atoms with Crippen molar-refractivity contribution >= 4 is 11.6 Å². The first-order valence-electron chi connectivity index (χ1n) is 11.3. The van der Waals surface area contributed by atoms with Crippen molar-refractivity contribution in [2.24, 2.45) is 0 Å². The molecule has 1 aromatic heterocycles. The van der Waals surface area contributed by atoms with Gasteiger partial charge in [-0.2, -0.15) is 0 Å². The molecule has 1 unspecified atom stereocenters. The highest BCUT2D eigenvalue weighted by atomic mass is 19.1. The molecule has 0 spiro atoms. The molecule has 1 aliphatic heterocycles. The minimum Gasteiger partial charge on any atom is -0.493 e. The lowest BCUT2D eigenvalue weighted by Gasteiger charge is -2.39. The minimum absolute atomic E-state index is 0.0697. The fraction of sp³-hybridized carbons (Fsp3) is 0.346. The summed E-state index contributed by atoms with van der Waals surface area (Å²) in [7, 11) is 3.16. The van der Waals surface area contributed by atoms with Gasteiger partial charge in [0.25, 0.3) is 0 Å². The summed E-state index contributed by atoms with van der Waals surface area (Å²) in [5.74, 6) is 1.74. The summed E-state index contributed by atoms with van der Waals surface area (Å²) < 4.78 is 29.6. The van der Waals surface area contributed by atoms with Gasteiger partial charge in [0.15, 0.2) is 11.5 Å². The maximum absolute atomic E-state index is 13.3. The molecule has 2 aromatic carbocycles. The van der Waals surface area contributed by atoms with E-state index in [1.807, 2.05) is 36.4 Å². The second kappa shape index (κ2) is 11.1. The molecule has 8 heteroatoms. The maximum Gasteiger partial charge on any atom is 0.224 e. The molecule has 1 fully saturated rings. The largest absolute Gasteiger partial charge is 0.493 e. The van der Waals surface area contributed by atoms with Gasteiger partial charge >= 0.3 is 0 Å². The smallest absolute Gasteiger partial charge is 0.224 e. The average Bonchev–Trinajstić information content (AvgIpc) is 3.39. The van der Waals surface area contributed by atoms with Gasteiger partial charge in [-0.3, -0.25) is 9.69 Å². The number of piperazine rings is 1. The summed E-state index contributed by atoms with van der Waals surface area (Å²) in [5, 5.41) is 3.06. The summed E-state index contributed by atoms with van der Waals surface area (Å²) >= 11 is 0. The van der Waals surface area contributed by atoms with Crippen molar-refractivity contribution in [1.29, 1.82) is 0 Å². The first kappa shape index (κ1) is 23.6. The lowest BCUT2D eigenvalue weighted by molar-refractivity contribution is -0.120. The first-order valence-corrected chi connectivity index (χ1v) is 11.3. The van der Waals surface area contributed by atoms with Crippen LogP contribution in [0.5, 0.6) is 11.5 Å². The number of benzene rings is 2. The number of anilines is 1. The van der Waals surface area contributed by atoms with Gasteiger partial charge in [-0.05, 0) is 54.1 Å². The first-order chi connectivity index (χ1) is 16.6. The topological polar surface area (TPSA) is 67.2 Å². The second-order valence-corrected chi connectivity index (χ2v) is 8.20. The Labute approximate surface area is 199 Å². The van der Waals surface area contributed by atoms with Gasteiger partial charge in [0.1, 0.15) is 11.6 Å². The normalized spacial score (nSPS) is 15.1. The fourth-order valence-corrected chi connectivity index (χ4v) is 4.28. The number of halogens is 1. The Morgan fingerprint density at radius 2 is 1.76 bits per heavy atom. The van der Waals surface area contributed by atoms with Crippen LogP contribution in [0.4, 0.5) is 10.1 Å². The monoisotopic (exact) mass is 467 g/mol. The Balaban J connectivity index is 1.36. The molecule has 1 atom stereocenters. The van der Waals surface area contributed by atoms with Crippen LogP contribution in [0.25, 0.3) is 0 Å². The summed E-state index contributed by atoms with van der Waals surface area (Å²) in [6, 6.07) is 15.8. The van der Waals surface area contributed by atoms with Crippen LogP contribution in [0.1, 0.15) is 17.4 Å². The third-order valence-corrected chi connectivity index (χ3v) is 6.12. The highest BCUT2D eigenvalue weighted by Gasteiger charge is 2.27. The zero-order chi connectivity index (χ0) is 23.9. The van der Waals surface area contributed by atoms with E-state index >= 15 is 0 Å². The summed E-state index contributed by atoms with van der Waals surface area (Å²) in [6.45, 7) is 3.66. The quantitative estimate of drug-likeness (QED) is 0.518. The maximum atomic E-state index is 13.3. The molecular formula is C26H30FN3O4. The molecule has 0 radical (unpaired) electrons. The van der Waals surface area contributed by atoms with Gasteiger partial charge in [0, 0.05) is 38.4 Å². The molecule has 1 aliphatic rings. The van der Waals surface area contributed by atoms with Crippen molar-refractivity contribution in [3.63, 3.8) is 0 Å². The van der Waals surface area contributed by atoms with E-state index in [2.05, 4.69) is 15.1 Å². The Morgan fingerprint density at radius 1 is 1.03 bits per heavy atom. The molecule has 1 N–H and O–H groups in total. The van der Waals surface area contributed by atoms with Crippen LogP contribution in [0.15, 0.2) is 65.3 Å². The summed E-state index contributed by atoms with van der Waals surface area (Å²) in [5.41, 5.74) is 1.86. The molecule has 4 rings (SSSR count). The molecule has 34 heavy (non-hydrogen) atoms. The van der Waals surface area contributed by atoms with Crippen LogP contribution < -0.4 is 19.7 Å². The Hall–Kier alpha value is -3.52. The number of methoxy groups -OCH3 is 2. The molecule has 0 aliphatic carbocycles. The van der Waals surface area contributed by atoms with E-state index in [1.54, 1.807) is 26.5 Å². The van der Waals surface area contributed by atoms with Crippen LogP contribution in [0, 0.1) is 5.82 Å². The van der Waals surface area contributed by atoms with E-state index in [4.69, 9.17) is 13.9 Å². The van der Waals surface area contributed by atoms with Crippen molar-refractivity contribution in [2.45, 2.75) is 12.5 Å². The van der Waals surface area contributed by atoms with Gasteiger partial charge in [-0.15, -0.1) is 0 Å². The highest BCUT2D eigenvalue weighted by molar-refractivity contribution is 5.78. The number of hydrogen-bond acceptors (Lipinski definition) is 6. The van der Waals surface area contributed by atoms with Crippen molar-refractivity contribution in [1.82, 2.24) is 10.2 Å². The predicted octanol–water partition coefficient (Wildman–Crippen LogP) is 3.66. The van der Waals surface area contributed by atoms with E-state index in [0.29, 0.717) is 18.0 Å². The van der Waals surface area contributed by atoms with Crippen LogP contribution in [0.3, 0.4) is 0 Å². The van der Waals surface area contributed by atoms with Crippen LogP contribution in [0.2, 0.25) is 0 Å². The number of carbonyl (C=O) groups is 1. The fourth-order valence-electron chi connectivity index (χ4n) is 4.28. The lowest BCUT2D eigenvalue weighted by Crippen LogP contribution is -2.50. The summed E-state index contributed by atoms with van der Waals surface area (Å²) in [6.07, 6.45) is 1.89. The second-order valence-electron chi connectivity index (χ2n) is 8.20. The molecular weight excluding hydrogens is 437 g/mol. The van der Waals surface area contributed by atoms with Crippen LogP contribution in [-0.4, -0.2) is 57.8 Å². The van der Waals surface area contributed by atoms with E-state index in [9.17, 15) is 9.18 Å². The van der Waals surface area contributed by atoms with Gasteiger partial charge in [-0.25, -0.2) is 4.39 Å². The van der Waals surface area contributed by atoms with Crippen molar-refractivity contribution in [2.75, 3.05) is 51.8 Å². The Morgan fingerprint density at radius 3 is 2.41 bits per heavy atom. The van der Waals surface area contributed by atoms with E-state index in [1.165, 1.54) is 12.1 Å². The highest BCUT2D eigenvalue weighted by Crippen LogP contribution is 2.28. The number of rotatable bonds is 9. The van der Waals surface area contributed by atoms with E-state index in [-0.39, 0.29) is 24.2 Å². The molecule has 0 bridgehead atoms. The molecule has 180 valence electrons. The van der Waals surface area contributed by atoms with Gasteiger partial charge < -0.3 is 24.1 Å². The standard InChI is InChI=1S/C26H30FN3O4/c1-32-24-10-5-19(16-25(24)33-2)17-26(31)28-18-22(23-4-3-15-34-23)30-13-11-29(12-14-30)21-8-6-20(27)7-9-21/h3-10,15-16,22H,11-14,17-18H2,1-2H3,(H,28,31). The van der Waals surface area contributed by atoms with E-state index < -0.39 is 0 Å². The zero-order valence-corrected chi connectivity index (χ0v) is 19.5. The van der Waals surface area contributed by atoms with Crippen LogP contribution in [-0.2, 0) is 11.2 Å². The van der Waals surface area contributed by atoms with Crippen molar-refractivity contribution in [3.05, 3.63) is 78.0 Å². The molecule has 1 amide bonds. The van der Waals surface area contributed by atoms with Crippen LogP contribution >= 0.6 is 0 Å². The Kier molecular flexibility index (Phi) is 7.69. The van der Waals surface area contributed by atoms with Gasteiger partial charge in [-0.1, -0.05) is 6.07 Å². The molecule has 2 heterocycles. The average molecular weight is 468 g/mol. The molecule has 7 nitrogen and oxygen atoms in total. The SMILES string of the molecule is COc1ccc(CC(=O)NCC(c2ccco2)N2CCN(c3ccc(F)cc3)CC2)cc1OC. The lowest BCUT2D eigenvalue weighted by atomic mass is 10.1. The number of carbonyl (C=O) groups excluding carboxylic acids is 1. The zero-order valence-electron chi connectivity index (χ0n) is 19.5. The number of nitrogens with zero attached hydrogens (tertiary/aromatic N) is 2. The predicted molar refractivity (Wildman–Crippen MR) is 128 cm³/mol. The molecule has 1 saturated heterocycles. The van der Waals surface area contributed by atoms with Gasteiger partial charge in [0.2, 0.25) is 5.91 Å². The minimum atomic E-state index is -0.232.